The number of phenols is 2. The Morgan fingerprint density at radius 2 is 1.39 bits per heavy atom. The number of hydrogen-bond donors (Lipinski definition) is 2. The highest BCUT2D eigenvalue weighted by molar-refractivity contribution is 5.59. The molecule has 0 fully saturated rings. The number of likely N-dealkylation sites (N-methyl/N-ethyl adjacent to an activating group) is 2. The van der Waals surface area contributed by atoms with E-state index in [-0.39, 0.29) is 23.6 Å². The Kier molecular flexibility index (Phi) is 7.39. The van der Waals surface area contributed by atoms with Crippen molar-refractivity contribution in [2.45, 2.75) is 44.2 Å². The number of benzene rings is 4. The molecular formula is C37H40N2O5. The monoisotopic (exact) mass is 592 g/mol. The van der Waals surface area contributed by atoms with Gasteiger partial charge in [-0.2, -0.15) is 0 Å². The maximum atomic E-state index is 11.7. The summed E-state index contributed by atoms with van der Waals surface area (Å²) < 4.78 is 17.9. The summed E-state index contributed by atoms with van der Waals surface area (Å²) in [6, 6.07) is 20.5. The van der Waals surface area contributed by atoms with Crippen LogP contribution in [-0.2, 0) is 32.1 Å². The summed E-state index contributed by atoms with van der Waals surface area (Å²) in [5.41, 5.74) is 9.15. The van der Waals surface area contributed by atoms with Gasteiger partial charge in [0.1, 0.15) is 11.5 Å². The van der Waals surface area contributed by atoms with Crippen LogP contribution in [0.3, 0.4) is 0 Å². The van der Waals surface area contributed by atoms with Gasteiger partial charge in [-0.1, -0.05) is 18.2 Å². The molecule has 44 heavy (non-hydrogen) atoms. The van der Waals surface area contributed by atoms with Crippen LogP contribution < -0.4 is 14.2 Å². The Morgan fingerprint density at radius 3 is 2.14 bits per heavy atom. The van der Waals surface area contributed by atoms with E-state index in [1.54, 1.807) is 20.3 Å². The van der Waals surface area contributed by atoms with E-state index in [0.717, 1.165) is 61.2 Å². The highest BCUT2D eigenvalue weighted by Crippen LogP contribution is 2.46. The molecule has 7 nitrogen and oxygen atoms in total. The number of nitrogens with zero attached hydrogens (tertiary/aromatic N) is 2. The highest BCUT2D eigenvalue weighted by atomic mass is 16.5. The van der Waals surface area contributed by atoms with Gasteiger partial charge in [0.2, 0.25) is 0 Å². The van der Waals surface area contributed by atoms with Gasteiger partial charge in [0, 0.05) is 37.2 Å². The maximum Gasteiger partial charge on any atom is 0.169 e. The third-order valence-electron chi connectivity index (χ3n) is 9.88. The first-order chi connectivity index (χ1) is 21.3. The third kappa shape index (κ3) is 5.04. The molecule has 4 aliphatic heterocycles. The quantitative estimate of drug-likeness (QED) is 0.281. The zero-order chi connectivity index (χ0) is 30.5. The van der Waals surface area contributed by atoms with Crippen molar-refractivity contribution >= 4 is 0 Å². The summed E-state index contributed by atoms with van der Waals surface area (Å²) >= 11 is 0. The van der Waals surface area contributed by atoms with Crippen molar-refractivity contribution in [3.05, 3.63) is 105 Å². The minimum Gasteiger partial charge on any atom is -0.504 e. The predicted molar refractivity (Wildman–Crippen MR) is 171 cm³/mol. The zero-order valence-electron chi connectivity index (χ0n) is 25.9. The summed E-state index contributed by atoms with van der Waals surface area (Å²) in [5, 5.41) is 22.4. The van der Waals surface area contributed by atoms with Crippen molar-refractivity contribution < 1.29 is 24.4 Å². The molecule has 2 N–H and O–H groups in total. The second-order valence-corrected chi connectivity index (χ2v) is 12.5. The van der Waals surface area contributed by atoms with Gasteiger partial charge in [-0.3, -0.25) is 9.80 Å². The standard InChI is InChI=1S/C37H40N2O5/c1-38-13-11-24-20-33(42-3)26-18-28(24)30(38)16-23-7-10-32(40)34(17-23)44-27-8-5-22(6-9-27)15-31-36-25(12-14-39(31)2)21-35(43-4)37(41)29(36)19-26/h5-10,17-18,20-21,30-31,40-41H,11-16,19H2,1-4H3/t30-,31-/m0/s1. The van der Waals surface area contributed by atoms with Crippen LogP contribution in [0.1, 0.15) is 56.6 Å². The lowest BCUT2D eigenvalue weighted by Gasteiger charge is -2.37. The topological polar surface area (TPSA) is 74.6 Å². The third-order valence-corrected chi connectivity index (χ3v) is 9.88. The molecule has 0 spiro atoms. The lowest BCUT2D eigenvalue weighted by atomic mass is 9.81. The summed E-state index contributed by atoms with van der Waals surface area (Å²) in [6.07, 6.45) is 3.88. The van der Waals surface area contributed by atoms with Gasteiger partial charge in [-0.15, -0.1) is 0 Å². The average Bonchev–Trinajstić information content (AvgIpc) is 3.03. The molecule has 0 unspecified atom stereocenters. The van der Waals surface area contributed by atoms with E-state index < -0.39 is 0 Å². The summed E-state index contributed by atoms with van der Waals surface area (Å²) in [5.74, 6) is 2.83. The van der Waals surface area contributed by atoms with E-state index in [4.69, 9.17) is 14.2 Å². The van der Waals surface area contributed by atoms with Crippen molar-refractivity contribution in [3.8, 4) is 34.5 Å². The molecule has 0 saturated heterocycles. The van der Waals surface area contributed by atoms with Crippen LogP contribution in [0.4, 0.5) is 0 Å². The number of fused-ring (bicyclic) bond motifs is 2. The first kappa shape index (κ1) is 28.6. The maximum absolute atomic E-state index is 11.7. The molecule has 2 atom stereocenters. The van der Waals surface area contributed by atoms with Gasteiger partial charge in [-0.05, 0) is 121 Å². The van der Waals surface area contributed by atoms with E-state index in [1.807, 2.05) is 30.3 Å². The molecule has 6 bridgehead atoms. The Hall–Kier alpha value is -4.20. The van der Waals surface area contributed by atoms with Gasteiger partial charge in [-0.25, -0.2) is 0 Å². The molecule has 0 saturated carbocycles. The number of hydrogen-bond acceptors (Lipinski definition) is 7. The fourth-order valence-electron chi connectivity index (χ4n) is 7.38. The number of aromatic hydroxyl groups is 2. The minimum absolute atomic E-state index is 0.0689. The normalized spacial score (nSPS) is 19.8. The van der Waals surface area contributed by atoms with E-state index >= 15 is 0 Å². The molecule has 4 aliphatic rings. The second-order valence-electron chi connectivity index (χ2n) is 12.5. The Balaban J connectivity index is 1.45. The SMILES string of the molecule is COc1cc2c3cc1Cc1c(O)c(OC)cc4c1[C@H](Cc1ccc(cc1)Oc1cc(ccc1O)C[C@@H]3N(C)CC2)N(C)CC4. The number of ether oxygens (including phenoxy) is 3. The fraction of sp³-hybridized carbons (Fsp3) is 0.351. The van der Waals surface area contributed by atoms with Gasteiger partial charge >= 0.3 is 0 Å². The van der Waals surface area contributed by atoms with E-state index in [1.165, 1.54) is 27.8 Å². The van der Waals surface area contributed by atoms with Crippen LogP contribution >= 0.6 is 0 Å². The largest absolute Gasteiger partial charge is 0.504 e. The molecule has 0 amide bonds. The molecule has 4 aromatic carbocycles. The van der Waals surface area contributed by atoms with Gasteiger partial charge in [0.15, 0.2) is 23.0 Å². The average molecular weight is 593 g/mol. The lowest BCUT2D eigenvalue weighted by molar-refractivity contribution is 0.226. The lowest BCUT2D eigenvalue weighted by Crippen LogP contribution is -2.34. The molecule has 0 aromatic heterocycles. The highest BCUT2D eigenvalue weighted by Gasteiger charge is 2.33. The first-order valence-corrected chi connectivity index (χ1v) is 15.4. The molecule has 8 rings (SSSR count). The number of phenolic OH excluding ortho intramolecular Hbond substituents is 2. The Bertz CT molecular complexity index is 1720. The van der Waals surface area contributed by atoms with Gasteiger partial charge in [0.05, 0.1) is 14.2 Å². The molecule has 4 heterocycles. The Labute approximate surface area is 259 Å². The van der Waals surface area contributed by atoms with Gasteiger partial charge in [0.25, 0.3) is 0 Å². The molecule has 0 aliphatic carbocycles. The zero-order valence-corrected chi connectivity index (χ0v) is 25.9. The van der Waals surface area contributed by atoms with Crippen LogP contribution in [0.15, 0.2) is 60.7 Å². The Morgan fingerprint density at radius 1 is 0.727 bits per heavy atom. The van der Waals surface area contributed by atoms with E-state index in [2.05, 4.69) is 48.2 Å². The van der Waals surface area contributed by atoms with Crippen LogP contribution in [-0.4, -0.2) is 61.4 Å². The van der Waals surface area contributed by atoms with Crippen molar-refractivity contribution in [1.29, 1.82) is 0 Å². The molecule has 7 heteroatoms. The molecular weight excluding hydrogens is 552 g/mol. The van der Waals surface area contributed by atoms with Crippen LogP contribution in [0, 0.1) is 0 Å². The smallest absolute Gasteiger partial charge is 0.169 e. The fourth-order valence-corrected chi connectivity index (χ4v) is 7.38. The van der Waals surface area contributed by atoms with E-state index in [0.29, 0.717) is 23.7 Å². The summed E-state index contributed by atoms with van der Waals surface area (Å²) in [7, 11) is 7.70. The van der Waals surface area contributed by atoms with Crippen molar-refractivity contribution in [3.63, 3.8) is 0 Å². The number of methoxy groups -OCH3 is 2. The molecule has 0 radical (unpaired) electrons. The molecule has 4 aromatic rings. The van der Waals surface area contributed by atoms with Crippen LogP contribution in [0.25, 0.3) is 0 Å². The van der Waals surface area contributed by atoms with Gasteiger partial charge < -0.3 is 24.4 Å². The van der Waals surface area contributed by atoms with Crippen molar-refractivity contribution in [1.82, 2.24) is 9.80 Å². The second kappa shape index (κ2) is 11.4. The van der Waals surface area contributed by atoms with E-state index in [9.17, 15) is 10.2 Å². The summed E-state index contributed by atoms with van der Waals surface area (Å²) in [4.78, 5) is 4.79. The first-order valence-electron chi connectivity index (χ1n) is 15.4. The van der Waals surface area contributed by atoms with Crippen molar-refractivity contribution in [2.24, 2.45) is 0 Å². The van der Waals surface area contributed by atoms with Crippen LogP contribution in [0.2, 0.25) is 0 Å². The minimum atomic E-state index is 0.0689. The van der Waals surface area contributed by atoms with Crippen LogP contribution in [0.5, 0.6) is 34.5 Å². The summed E-state index contributed by atoms with van der Waals surface area (Å²) in [6.45, 7) is 1.85. The predicted octanol–water partition coefficient (Wildman–Crippen LogP) is 6.35. The molecule has 228 valence electrons. The van der Waals surface area contributed by atoms with Crippen molar-refractivity contribution in [2.75, 3.05) is 41.4 Å². The number of rotatable bonds is 2.